The van der Waals surface area contributed by atoms with Crippen LogP contribution >= 0.6 is 11.6 Å². The van der Waals surface area contributed by atoms with Gasteiger partial charge in [-0.25, -0.2) is 0 Å². The van der Waals surface area contributed by atoms with Gasteiger partial charge < -0.3 is 10.1 Å². The standard InChI is InChI=1S/C14H14ClN3O2/c1-20-13-5-4-9(6-10(13)15)16-14(19)12-7-11(17-18-12)8-2-3-8/h4-8H,2-3H2,1H3,(H,16,19)(H,17,18). The number of anilines is 1. The minimum atomic E-state index is -0.255. The highest BCUT2D eigenvalue weighted by Crippen LogP contribution is 2.39. The minimum Gasteiger partial charge on any atom is -0.495 e. The molecule has 1 fully saturated rings. The molecule has 1 saturated carbocycles. The Morgan fingerprint density at radius 3 is 2.90 bits per heavy atom. The smallest absolute Gasteiger partial charge is 0.276 e. The highest BCUT2D eigenvalue weighted by atomic mass is 35.5. The molecule has 2 N–H and O–H groups in total. The zero-order chi connectivity index (χ0) is 14.1. The Labute approximate surface area is 121 Å². The van der Waals surface area contributed by atoms with Gasteiger partial charge in [0.25, 0.3) is 5.91 Å². The van der Waals surface area contributed by atoms with Crippen LogP contribution in [0.2, 0.25) is 5.02 Å². The van der Waals surface area contributed by atoms with Gasteiger partial charge in [0.05, 0.1) is 12.1 Å². The number of H-pyrrole nitrogens is 1. The Hall–Kier alpha value is -2.01. The fourth-order valence-corrected chi connectivity index (χ4v) is 2.25. The molecule has 1 aliphatic rings. The number of methoxy groups -OCH3 is 1. The van der Waals surface area contributed by atoms with E-state index in [0.29, 0.717) is 28.1 Å². The van der Waals surface area contributed by atoms with Gasteiger partial charge in [-0.3, -0.25) is 9.89 Å². The number of hydrogen-bond acceptors (Lipinski definition) is 3. The van der Waals surface area contributed by atoms with E-state index < -0.39 is 0 Å². The fourth-order valence-electron chi connectivity index (χ4n) is 2.00. The van der Waals surface area contributed by atoms with Gasteiger partial charge in [-0.15, -0.1) is 0 Å². The van der Waals surface area contributed by atoms with E-state index in [4.69, 9.17) is 16.3 Å². The molecule has 20 heavy (non-hydrogen) atoms. The Morgan fingerprint density at radius 2 is 2.25 bits per heavy atom. The average Bonchev–Trinajstić information content (AvgIpc) is 3.16. The van der Waals surface area contributed by atoms with Gasteiger partial charge in [-0.1, -0.05) is 11.6 Å². The first-order valence-corrected chi connectivity index (χ1v) is 6.75. The molecule has 0 saturated heterocycles. The van der Waals surface area contributed by atoms with Crippen molar-refractivity contribution in [3.05, 3.63) is 40.7 Å². The number of carbonyl (C=O) groups is 1. The molecule has 0 aliphatic heterocycles. The molecule has 3 rings (SSSR count). The lowest BCUT2D eigenvalue weighted by molar-refractivity contribution is 0.102. The van der Waals surface area contributed by atoms with Gasteiger partial charge in [0, 0.05) is 17.3 Å². The number of aromatic nitrogens is 2. The van der Waals surface area contributed by atoms with Gasteiger partial charge >= 0.3 is 0 Å². The molecule has 0 spiro atoms. The maximum absolute atomic E-state index is 12.1. The van der Waals surface area contributed by atoms with E-state index in [2.05, 4.69) is 15.5 Å². The van der Waals surface area contributed by atoms with E-state index in [9.17, 15) is 4.79 Å². The average molecular weight is 292 g/mol. The lowest BCUT2D eigenvalue weighted by atomic mass is 10.2. The molecule has 5 nitrogen and oxygen atoms in total. The molecule has 2 aromatic rings. The number of nitrogens with zero attached hydrogens (tertiary/aromatic N) is 1. The normalized spacial score (nSPS) is 14.1. The largest absolute Gasteiger partial charge is 0.495 e. The van der Waals surface area contributed by atoms with Crippen LogP contribution in [0, 0.1) is 0 Å². The highest BCUT2D eigenvalue weighted by molar-refractivity contribution is 6.32. The third-order valence-corrected chi connectivity index (χ3v) is 3.55. The second-order valence-corrected chi connectivity index (χ2v) is 5.19. The summed E-state index contributed by atoms with van der Waals surface area (Å²) in [6.07, 6.45) is 2.33. The zero-order valence-electron chi connectivity index (χ0n) is 10.9. The number of halogens is 1. The number of hydrogen-bond donors (Lipinski definition) is 2. The molecule has 1 aromatic carbocycles. The van der Waals surface area contributed by atoms with Crippen LogP contribution in [-0.4, -0.2) is 23.2 Å². The summed E-state index contributed by atoms with van der Waals surface area (Å²) in [6, 6.07) is 6.89. The number of amides is 1. The van der Waals surface area contributed by atoms with Crippen LogP contribution in [0.3, 0.4) is 0 Å². The number of rotatable bonds is 4. The summed E-state index contributed by atoms with van der Waals surface area (Å²) in [5.41, 5.74) is 2.03. The number of nitrogens with one attached hydrogen (secondary N) is 2. The van der Waals surface area contributed by atoms with Crippen molar-refractivity contribution in [2.75, 3.05) is 12.4 Å². The quantitative estimate of drug-likeness (QED) is 0.909. The molecule has 1 aliphatic carbocycles. The summed E-state index contributed by atoms with van der Waals surface area (Å²) in [5.74, 6) is 0.856. The van der Waals surface area contributed by atoms with Gasteiger partial charge in [0.1, 0.15) is 5.75 Å². The second kappa shape index (κ2) is 5.17. The number of ether oxygens (including phenoxy) is 1. The Balaban J connectivity index is 1.72. The first-order chi connectivity index (χ1) is 9.67. The van der Waals surface area contributed by atoms with Crippen molar-refractivity contribution in [1.29, 1.82) is 0 Å². The van der Waals surface area contributed by atoms with Crippen LogP contribution in [0.1, 0.15) is 34.9 Å². The van der Waals surface area contributed by atoms with Crippen molar-refractivity contribution in [2.45, 2.75) is 18.8 Å². The lowest BCUT2D eigenvalue weighted by Gasteiger charge is -2.06. The molecule has 6 heteroatoms. The van der Waals surface area contributed by atoms with Crippen molar-refractivity contribution in [2.24, 2.45) is 0 Å². The topological polar surface area (TPSA) is 67.0 Å². The molecule has 1 heterocycles. The second-order valence-electron chi connectivity index (χ2n) is 4.79. The van der Waals surface area contributed by atoms with Gasteiger partial charge in [-0.2, -0.15) is 5.10 Å². The summed E-state index contributed by atoms with van der Waals surface area (Å²) >= 11 is 6.01. The summed E-state index contributed by atoms with van der Waals surface area (Å²) in [6.45, 7) is 0. The van der Waals surface area contributed by atoms with Gasteiger partial charge in [-0.05, 0) is 37.1 Å². The first-order valence-electron chi connectivity index (χ1n) is 6.37. The Kier molecular flexibility index (Phi) is 3.36. The molecule has 0 unspecified atom stereocenters. The Morgan fingerprint density at radius 1 is 1.45 bits per heavy atom. The first kappa shape index (κ1) is 13.0. The van der Waals surface area contributed by atoms with E-state index in [1.54, 1.807) is 31.4 Å². The van der Waals surface area contributed by atoms with E-state index >= 15 is 0 Å². The SMILES string of the molecule is COc1ccc(NC(=O)c2cc(C3CC3)[nH]n2)cc1Cl. The monoisotopic (exact) mass is 291 g/mol. The number of benzene rings is 1. The summed E-state index contributed by atoms with van der Waals surface area (Å²) < 4.78 is 5.06. The molecular formula is C14H14ClN3O2. The summed E-state index contributed by atoms with van der Waals surface area (Å²) in [5, 5.41) is 10.2. The molecular weight excluding hydrogens is 278 g/mol. The van der Waals surface area contributed by atoms with E-state index in [-0.39, 0.29) is 5.91 Å². The van der Waals surface area contributed by atoms with Crippen molar-refractivity contribution < 1.29 is 9.53 Å². The minimum absolute atomic E-state index is 0.255. The predicted octanol–water partition coefficient (Wildman–Crippen LogP) is 3.20. The lowest BCUT2D eigenvalue weighted by Crippen LogP contribution is -2.12. The van der Waals surface area contributed by atoms with E-state index in [1.165, 1.54) is 0 Å². The van der Waals surface area contributed by atoms with Crippen LogP contribution in [0.4, 0.5) is 5.69 Å². The van der Waals surface area contributed by atoms with Crippen LogP contribution in [0.5, 0.6) is 5.75 Å². The molecule has 1 aromatic heterocycles. The van der Waals surface area contributed by atoms with Crippen LogP contribution in [-0.2, 0) is 0 Å². The molecule has 0 atom stereocenters. The third kappa shape index (κ3) is 2.63. The maximum atomic E-state index is 12.1. The summed E-state index contributed by atoms with van der Waals surface area (Å²) in [7, 11) is 1.54. The van der Waals surface area contributed by atoms with Crippen LogP contribution in [0.15, 0.2) is 24.3 Å². The number of aromatic amines is 1. The van der Waals surface area contributed by atoms with E-state index in [0.717, 1.165) is 18.5 Å². The van der Waals surface area contributed by atoms with Crippen molar-refractivity contribution in [1.82, 2.24) is 10.2 Å². The molecule has 1 amide bonds. The molecule has 0 bridgehead atoms. The van der Waals surface area contributed by atoms with Gasteiger partial charge in [0.2, 0.25) is 0 Å². The van der Waals surface area contributed by atoms with Crippen LogP contribution < -0.4 is 10.1 Å². The fraction of sp³-hybridized carbons (Fsp3) is 0.286. The van der Waals surface area contributed by atoms with Crippen molar-refractivity contribution in [3.8, 4) is 5.75 Å². The highest BCUT2D eigenvalue weighted by Gasteiger charge is 2.26. The molecule has 0 radical (unpaired) electrons. The van der Waals surface area contributed by atoms with Crippen LogP contribution in [0.25, 0.3) is 0 Å². The maximum Gasteiger partial charge on any atom is 0.276 e. The van der Waals surface area contributed by atoms with Gasteiger partial charge in [0.15, 0.2) is 5.69 Å². The zero-order valence-corrected chi connectivity index (χ0v) is 11.7. The van der Waals surface area contributed by atoms with Crippen molar-refractivity contribution >= 4 is 23.2 Å². The Bertz CT molecular complexity index is 650. The predicted molar refractivity (Wildman–Crippen MR) is 76.5 cm³/mol. The summed E-state index contributed by atoms with van der Waals surface area (Å²) in [4.78, 5) is 12.1. The van der Waals surface area contributed by atoms with E-state index in [1.807, 2.05) is 0 Å². The number of carbonyl (C=O) groups excluding carboxylic acids is 1. The third-order valence-electron chi connectivity index (χ3n) is 3.26. The van der Waals surface area contributed by atoms with Crippen molar-refractivity contribution in [3.63, 3.8) is 0 Å². The molecule has 104 valence electrons.